The molecule has 17 heavy (non-hydrogen) atoms. The standard InChI is InChI=1S/C13H14FN3/c14-12-1-9(4-15)2-13(3-12)17-7-10-5-16-6-11(10)8-17/h1-3,10-11,16H,5-8H2. The maximum atomic E-state index is 13.4. The quantitative estimate of drug-likeness (QED) is 0.793. The van der Waals surface area contributed by atoms with Crippen LogP contribution in [0.15, 0.2) is 18.2 Å². The second-order valence-corrected chi connectivity index (χ2v) is 4.89. The molecule has 2 heterocycles. The maximum Gasteiger partial charge on any atom is 0.126 e. The SMILES string of the molecule is N#Cc1cc(F)cc(N2CC3CNCC3C2)c1. The van der Waals surface area contributed by atoms with E-state index in [-0.39, 0.29) is 5.82 Å². The predicted octanol–water partition coefficient (Wildman–Crippen LogP) is 1.35. The van der Waals surface area contributed by atoms with Crippen molar-refractivity contribution in [2.24, 2.45) is 11.8 Å². The van der Waals surface area contributed by atoms with Gasteiger partial charge in [0.05, 0.1) is 11.6 Å². The Morgan fingerprint density at radius 3 is 2.59 bits per heavy atom. The van der Waals surface area contributed by atoms with Crippen LogP contribution in [0.1, 0.15) is 5.56 Å². The highest BCUT2D eigenvalue weighted by Crippen LogP contribution is 2.31. The first kappa shape index (κ1) is 10.5. The average Bonchev–Trinajstić information content (AvgIpc) is 2.88. The normalized spacial score (nSPS) is 26.9. The highest BCUT2D eigenvalue weighted by molar-refractivity contribution is 5.53. The van der Waals surface area contributed by atoms with Crippen LogP contribution < -0.4 is 10.2 Å². The lowest BCUT2D eigenvalue weighted by atomic mass is 10.0. The number of nitrogens with zero attached hydrogens (tertiary/aromatic N) is 2. The van der Waals surface area contributed by atoms with Crippen molar-refractivity contribution in [1.82, 2.24) is 5.32 Å². The molecule has 2 saturated heterocycles. The first-order valence-electron chi connectivity index (χ1n) is 5.92. The summed E-state index contributed by atoms with van der Waals surface area (Å²) in [5, 5.41) is 12.2. The fraction of sp³-hybridized carbons (Fsp3) is 0.462. The van der Waals surface area contributed by atoms with Gasteiger partial charge in [-0.3, -0.25) is 0 Å². The maximum absolute atomic E-state index is 13.4. The van der Waals surface area contributed by atoms with Crippen LogP contribution in [0.25, 0.3) is 0 Å². The predicted molar refractivity (Wildman–Crippen MR) is 63.2 cm³/mol. The van der Waals surface area contributed by atoms with Gasteiger partial charge in [0.25, 0.3) is 0 Å². The summed E-state index contributed by atoms with van der Waals surface area (Å²) in [5.74, 6) is 1.02. The highest BCUT2D eigenvalue weighted by atomic mass is 19.1. The first-order valence-corrected chi connectivity index (χ1v) is 5.92. The summed E-state index contributed by atoms with van der Waals surface area (Å²) in [6, 6.07) is 6.58. The summed E-state index contributed by atoms with van der Waals surface area (Å²) < 4.78 is 13.4. The van der Waals surface area contributed by atoms with Crippen LogP contribution in [0.2, 0.25) is 0 Å². The molecule has 0 aliphatic carbocycles. The lowest BCUT2D eigenvalue weighted by Crippen LogP contribution is -2.25. The van der Waals surface area contributed by atoms with E-state index in [9.17, 15) is 4.39 Å². The van der Waals surface area contributed by atoms with Crippen LogP contribution in [0.4, 0.5) is 10.1 Å². The van der Waals surface area contributed by atoms with Crippen molar-refractivity contribution < 1.29 is 4.39 Å². The third-order valence-corrected chi connectivity index (χ3v) is 3.77. The molecule has 3 rings (SSSR count). The van der Waals surface area contributed by atoms with Gasteiger partial charge >= 0.3 is 0 Å². The Morgan fingerprint density at radius 1 is 1.24 bits per heavy atom. The minimum absolute atomic E-state index is 0.325. The molecule has 2 aliphatic rings. The third-order valence-electron chi connectivity index (χ3n) is 3.77. The molecule has 0 bridgehead atoms. The lowest BCUT2D eigenvalue weighted by molar-refractivity contribution is 0.533. The molecule has 2 unspecified atom stereocenters. The molecule has 0 radical (unpaired) electrons. The Morgan fingerprint density at radius 2 is 1.94 bits per heavy atom. The Balaban J connectivity index is 1.86. The van der Waals surface area contributed by atoms with Gasteiger partial charge in [-0.2, -0.15) is 5.26 Å². The van der Waals surface area contributed by atoms with E-state index in [4.69, 9.17) is 5.26 Å². The monoisotopic (exact) mass is 231 g/mol. The summed E-state index contributed by atoms with van der Waals surface area (Å²) in [7, 11) is 0. The van der Waals surface area contributed by atoms with E-state index in [2.05, 4.69) is 10.2 Å². The van der Waals surface area contributed by atoms with Crippen molar-refractivity contribution in [2.45, 2.75) is 0 Å². The van der Waals surface area contributed by atoms with Gasteiger partial charge in [-0.25, -0.2) is 4.39 Å². The second kappa shape index (κ2) is 4.01. The van der Waals surface area contributed by atoms with Crippen LogP contribution in [-0.4, -0.2) is 26.2 Å². The van der Waals surface area contributed by atoms with Crippen LogP contribution in [0, 0.1) is 29.0 Å². The molecule has 2 fully saturated rings. The molecular weight excluding hydrogens is 217 g/mol. The first-order chi connectivity index (χ1) is 8.26. The molecule has 3 nitrogen and oxygen atoms in total. The number of benzene rings is 1. The highest BCUT2D eigenvalue weighted by Gasteiger charge is 2.36. The molecule has 0 spiro atoms. The number of rotatable bonds is 1. The van der Waals surface area contributed by atoms with E-state index in [1.54, 1.807) is 6.07 Å². The van der Waals surface area contributed by atoms with Crippen molar-refractivity contribution in [3.05, 3.63) is 29.6 Å². The van der Waals surface area contributed by atoms with Gasteiger partial charge in [-0.15, -0.1) is 0 Å². The number of fused-ring (bicyclic) bond motifs is 1. The minimum atomic E-state index is -0.325. The molecule has 1 N–H and O–H groups in total. The zero-order valence-corrected chi connectivity index (χ0v) is 9.49. The van der Waals surface area contributed by atoms with Crippen LogP contribution in [-0.2, 0) is 0 Å². The van der Waals surface area contributed by atoms with E-state index < -0.39 is 0 Å². The van der Waals surface area contributed by atoms with Gasteiger partial charge in [-0.05, 0) is 30.0 Å². The molecule has 0 amide bonds. The summed E-state index contributed by atoms with van der Waals surface area (Å²) in [6.07, 6.45) is 0. The summed E-state index contributed by atoms with van der Waals surface area (Å²) in [6.45, 7) is 4.04. The van der Waals surface area contributed by atoms with Crippen molar-refractivity contribution in [3.8, 4) is 6.07 Å². The van der Waals surface area contributed by atoms with Crippen molar-refractivity contribution in [1.29, 1.82) is 5.26 Å². The molecule has 2 aliphatic heterocycles. The molecule has 1 aromatic rings. The van der Waals surface area contributed by atoms with E-state index in [1.165, 1.54) is 12.1 Å². The van der Waals surface area contributed by atoms with Gasteiger partial charge in [0.15, 0.2) is 0 Å². The number of hydrogen-bond acceptors (Lipinski definition) is 3. The molecule has 0 aromatic heterocycles. The number of nitriles is 1. The number of hydrogen-bond donors (Lipinski definition) is 1. The molecule has 4 heteroatoms. The van der Waals surface area contributed by atoms with E-state index in [1.807, 2.05) is 6.07 Å². The zero-order chi connectivity index (χ0) is 11.8. The summed E-state index contributed by atoms with van der Waals surface area (Å²) >= 11 is 0. The lowest BCUT2D eigenvalue weighted by Gasteiger charge is -2.20. The van der Waals surface area contributed by atoms with Crippen molar-refractivity contribution in [2.75, 3.05) is 31.1 Å². The topological polar surface area (TPSA) is 39.1 Å². The van der Waals surface area contributed by atoms with Crippen LogP contribution in [0.5, 0.6) is 0 Å². The average molecular weight is 231 g/mol. The fourth-order valence-electron chi connectivity index (χ4n) is 2.89. The van der Waals surface area contributed by atoms with E-state index in [0.29, 0.717) is 17.4 Å². The zero-order valence-electron chi connectivity index (χ0n) is 9.49. The van der Waals surface area contributed by atoms with Crippen LogP contribution >= 0.6 is 0 Å². The van der Waals surface area contributed by atoms with E-state index in [0.717, 1.165) is 31.9 Å². The van der Waals surface area contributed by atoms with E-state index >= 15 is 0 Å². The van der Waals surface area contributed by atoms with Crippen molar-refractivity contribution >= 4 is 5.69 Å². The van der Waals surface area contributed by atoms with Crippen molar-refractivity contribution in [3.63, 3.8) is 0 Å². The molecule has 2 atom stereocenters. The Hall–Kier alpha value is -1.60. The molecular formula is C13H14FN3. The fourth-order valence-corrected chi connectivity index (χ4v) is 2.89. The minimum Gasteiger partial charge on any atom is -0.371 e. The van der Waals surface area contributed by atoms with Gasteiger partial charge in [0.1, 0.15) is 5.82 Å². The molecule has 1 aromatic carbocycles. The Bertz CT molecular complexity index is 468. The van der Waals surface area contributed by atoms with Crippen LogP contribution in [0.3, 0.4) is 0 Å². The van der Waals surface area contributed by atoms with Gasteiger partial charge in [0.2, 0.25) is 0 Å². The van der Waals surface area contributed by atoms with Gasteiger partial charge < -0.3 is 10.2 Å². The molecule has 88 valence electrons. The third kappa shape index (κ3) is 1.87. The second-order valence-electron chi connectivity index (χ2n) is 4.89. The number of halogens is 1. The summed E-state index contributed by atoms with van der Waals surface area (Å²) in [4.78, 5) is 2.19. The van der Waals surface area contributed by atoms with Gasteiger partial charge in [-0.1, -0.05) is 0 Å². The largest absolute Gasteiger partial charge is 0.371 e. The Labute approximate surface area is 99.8 Å². The smallest absolute Gasteiger partial charge is 0.126 e. The number of nitrogens with one attached hydrogen (secondary N) is 1. The number of anilines is 1. The molecule has 0 saturated carbocycles. The summed E-state index contributed by atoms with van der Waals surface area (Å²) in [5.41, 5.74) is 1.24. The Kier molecular flexibility index (Phi) is 2.49. The van der Waals surface area contributed by atoms with Gasteiger partial charge in [0, 0.05) is 31.9 Å².